The maximum absolute atomic E-state index is 13.7. The van der Waals surface area contributed by atoms with Crippen LogP contribution in [0.5, 0.6) is 5.75 Å². The number of benzene rings is 1. The summed E-state index contributed by atoms with van der Waals surface area (Å²) >= 11 is 0. The van der Waals surface area contributed by atoms with Crippen molar-refractivity contribution in [2.24, 2.45) is 0 Å². The lowest BCUT2D eigenvalue weighted by Gasteiger charge is -2.23. The quantitative estimate of drug-likeness (QED) is 0.856. The van der Waals surface area contributed by atoms with Gasteiger partial charge < -0.3 is 10.1 Å². The minimum atomic E-state index is -4.46. The zero-order chi connectivity index (χ0) is 13.9. The normalized spacial score (nSPS) is 17.5. The molecule has 19 heavy (non-hydrogen) atoms. The molecule has 1 heterocycles. The number of piperidine rings is 1. The summed E-state index contributed by atoms with van der Waals surface area (Å²) in [5.74, 6) is -0.831. The Morgan fingerprint density at radius 3 is 2.47 bits per heavy atom. The van der Waals surface area contributed by atoms with Gasteiger partial charge in [-0.1, -0.05) is 6.07 Å². The fraction of sp³-hybridized carbons (Fsp3) is 0.538. The van der Waals surface area contributed by atoms with E-state index in [-0.39, 0.29) is 11.7 Å². The van der Waals surface area contributed by atoms with Crippen molar-refractivity contribution in [2.45, 2.75) is 24.9 Å². The average Bonchev–Trinajstić information content (AvgIpc) is 2.37. The Kier molecular flexibility index (Phi) is 4.29. The van der Waals surface area contributed by atoms with Crippen molar-refractivity contribution in [1.82, 2.24) is 5.32 Å². The topological polar surface area (TPSA) is 21.3 Å². The summed E-state index contributed by atoms with van der Waals surface area (Å²) in [4.78, 5) is 0. The van der Waals surface area contributed by atoms with Gasteiger partial charge in [-0.3, -0.25) is 0 Å². The van der Waals surface area contributed by atoms with Gasteiger partial charge in [0.2, 0.25) is 0 Å². The van der Waals surface area contributed by atoms with Crippen molar-refractivity contribution in [3.63, 3.8) is 0 Å². The Labute approximate surface area is 108 Å². The first-order chi connectivity index (χ1) is 8.96. The molecule has 0 saturated carbocycles. The standard InChI is InChI=1S/C13H15F4NO/c14-11-7-10(9-3-5-18-6-4-9)1-2-12(11)19-8-13(15,16)17/h1-2,7,9,18H,3-6,8H2. The van der Waals surface area contributed by atoms with Gasteiger partial charge in [0.15, 0.2) is 18.2 Å². The van der Waals surface area contributed by atoms with Gasteiger partial charge in [-0.15, -0.1) is 0 Å². The molecular formula is C13H15F4NO. The number of alkyl halides is 3. The second-order valence-corrected chi connectivity index (χ2v) is 4.62. The van der Waals surface area contributed by atoms with E-state index in [1.807, 2.05) is 0 Å². The molecule has 6 heteroatoms. The van der Waals surface area contributed by atoms with E-state index in [1.54, 1.807) is 6.07 Å². The maximum atomic E-state index is 13.7. The number of hydrogen-bond acceptors (Lipinski definition) is 2. The molecule has 0 unspecified atom stereocenters. The second kappa shape index (κ2) is 5.77. The lowest BCUT2D eigenvalue weighted by atomic mass is 9.90. The van der Waals surface area contributed by atoms with Gasteiger partial charge in [0.05, 0.1) is 0 Å². The van der Waals surface area contributed by atoms with E-state index >= 15 is 0 Å². The van der Waals surface area contributed by atoms with Crippen LogP contribution >= 0.6 is 0 Å². The molecule has 1 aliphatic rings. The van der Waals surface area contributed by atoms with Gasteiger partial charge in [0, 0.05) is 0 Å². The Morgan fingerprint density at radius 1 is 1.21 bits per heavy atom. The molecule has 0 radical (unpaired) electrons. The summed E-state index contributed by atoms with van der Waals surface area (Å²) in [5, 5.41) is 3.20. The van der Waals surface area contributed by atoms with Crippen LogP contribution in [-0.4, -0.2) is 25.9 Å². The molecule has 0 aromatic heterocycles. The average molecular weight is 277 g/mol. The number of rotatable bonds is 3. The molecule has 1 saturated heterocycles. The zero-order valence-corrected chi connectivity index (χ0v) is 10.3. The third kappa shape index (κ3) is 4.09. The first-order valence-corrected chi connectivity index (χ1v) is 6.15. The van der Waals surface area contributed by atoms with Crippen LogP contribution in [0.25, 0.3) is 0 Å². The van der Waals surface area contributed by atoms with E-state index in [0.717, 1.165) is 31.5 Å². The van der Waals surface area contributed by atoms with Gasteiger partial charge in [-0.2, -0.15) is 13.2 Å². The lowest BCUT2D eigenvalue weighted by molar-refractivity contribution is -0.153. The van der Waals surface area contributed by atoms with Crippen LogP contribution in [0.2, 0.25) is 0 Å². The van der Waals surface area contributed by atoms with E-state index in [2.05, 4.69) is 10.1 Å². The predicted octanol–water partition coefficient (Wildman–Crippen LogP) is 3.23. The van der Waals surface area contributed by atoms with Gasteiger partial charge in [-0.25, -0.2) is 4.39 Å². The minimum absolute atomic E-state index is 0.257. The molecule has 0 atom stereocenters. The zero-order valence-electron chi connectivity index (χ0n) is 10.3. The highest BCUT2D eigenvalue weighted by atomic mass is 19.4. The minimum Gasteiger partial charge on any atom is -0.481 e. The van der Waals surface area contributed by atoms with Crippen molar-refractivity contribution < 1.29 is 22.3 Å². The van der Waals surface area contributed by atoms with Gasteiger partial charge >= 0.3 is 6.18 Å². The highest BCUT2D eigenvalue weighted by molar-refractivity contribution is 5.31. The molecule has 0 bridgehead atoms. The molecule has 1 aliphatic heterocycles. The van der Waals surface area contributed by atoms with Crippen LogP contribution in [0.1, 0.15) is 24.3 Å². The fourth-order valence-corrected chi connectivity index (χ4v) is 2.20. The van der Waals surface area contributed by atoms with E-state index < -0.39 is 18.6 Å². The van der Waals surface area contributed by atoms with Gasteiger partial charge in [0.1, 0.15) is 0 Å². The Hall–Kier alpha value is -1.30. The molecule has 0 amide bonds. The van der Waals surface area contributed by atoms with Crippen LogP contribution in [0, 0.1) is 5.82 Å². The van der Waals surface area contributed by atoms with Crippen LogP contribution in [0.3, 0.4) is 0 Å². The van der Waals surface area contributed by atoms with Gasteiger partial charge in [-0.05, 0) is 49.5 Å². The smallest absolute Gasteiger partial charge is 0.422 e. The van der Waals surface area contributed by atoms with E-state index in [0.29, 0.717) is 0 Å². The summed E-state index contributed by atoms with van der Waals surface area (Å²) in [7, 11) is 0. The van der Waals surface area contributed by atoms with Crippen LogP contribution in [-0.2, 0) is 0 Å². The van der Waals surface area contributed by atoms with Crippen molar-refractivity contribution >= 4 is 0 Å². The van der Waals surface area contributed by atoms with E-state index in [9.17, 15) is 17.6 Å². The lowest BCUT2D eigenvalue weighted by Crippen LogP contribution is -2.26. The molecule has 2 rings (SSSR count). The van der Waals surface area contributed by atoms with Crippen LogP contribution in [0.15, 0.2) is 18.2 Å². The summed E-state index contributed by atoms with van der Waals surface area (Å²) in [6.07, 6.45) is -2.65. The third-order valence-electron chi connectivity index (χ3n) is 3.16. The molecule has 0 spiro atoms. The third-order valence-corrected chi connectivity index (χ3v) is 3.16. The molecule has 1 N–H and O–H groups in total. The van der Waals surface area contributed by atoms with Crippen molar-refractivity contribution in [3.8, 4) is 5.75 Å². The Balaban J connectivity index is 2.04. The van der Waals surface area contributed by atoms with E-state index in [4.69, 9.17) is 0 Å². The number of hydrogen-bond donors (Lipinski definition) is 1. The summed E-state index contributed by atoms with van der Waals surface area (Å²) in [6.45, 7) is 0.272. The van der Waals surface area contributed by atoms with E-state index in [1.165, 1.54) is 12.1 Å². The largest absolute Gasteiger partial charge is 0.481 e. The molecule has 2 nitrogen and oxygen atoms in total. The molecule has 1 fully saturated rings. The number of halogens is 4. The van der Waals surface area contributed by atoms with Gasteiger partial charge in [0.25, 0.3) is 0 Å². The summed E-state index contributed by atoms with van der Waals surface area (Å²) in [5.41, 5.74) is 0.818. The predicted molar refractivity (Wildman–Crippen MR) is 62.8 cm³/mol. The first-order valence-electron chi connectivity index (χ1n) is 6.15. The molecule has 1 aromatic carbocycles. The first kappa shape index (κ1) is 14.1. The summed E-state index contributed by atoms with van der Waals surface area (Å²) < 4.78 is 54.1. The Bertz CT molecular complexity index is 427. The number of nitrogens with one attached hydrogen (secondary N) is 1. The Morgan fingerprint density at radius 2 is 1.89 bits per heavy atom. The maximum Gasteiger partial charge on any atom is 0.422 e. The number of ether oxygens (including phenoxy) is 1. The molecule has 0 aliphatic carbocycles. The van der Waals surface area contributed by atoms with Crippen molar-refractivity contribution in [3.05, 3.63) is 29.6 Å². The van der Waals surface area contributed by atoms with Crippen LogP contribution in [0.4, 0.5) is 17.6 Å². The highest BCUT2D eigenvalue weighted by Gasteiger charge is 2.29. The van der Waals surface area contributed by atoms with Crippen molar-refractivity contribution in [2.75, 3.05) is 19.7 Å². The van der Waals surface area contributed by atoms with Crippen LogP contribution < -0.4 is 10.1 Å². The SMILES string of the molecule is Fc1cc(C2CCNCC2)ccc1OCC(F)(F)F. The molecule has 106 valence electrons. The second-order valence-electron chi connectivity index (χ2n) is 4.62. The molecular weight excluding hydrogens is 262 g/mol. The monoisotopic (exact) mass is 277 g/mol. The highest BCUT2D eigenvalue weighted by Crippen LogP contribution is 2.29. The summed E-state index contributed by atoms with van der Waals surface area (Å²) in [6, 6.07) is 4.20. The fourth-order valence-electron chi connectivity index (χ4n) is 2.20. The van der Waals surface area contributed by atoms with Crippen molar-refractivity contribution in [1.29, 1.82) is 0 Å². The molecule has 1 aromatic rings.